The van der Waals surface area contributed by atoms with Gasteiger partial charge in [-0.25, -0.2) is 16.8 Å². The van der Waals surface area contributed by atoms with Crippen LogP contribution in [0.15, 0.2) is 65.7 Å². The zero-order valence-electron chi connectivity index (χ0n) is 15.4. The minimum Gasteiger partial charge on any atom is -0.255 e. The Balaban J connectivity index is 1.71. The number of halogens is 1. The molecule has 1 unspecified atom stereocenters. The first-order valence-electron chi connectivity index (χ1n) is 9.10. The van der Waals surface area contributed by atoms with Gasteiger partial charge in [0.05, 0.1) is 16.5 Å². The summed E-state index contributed by atoms with van der Waals surface area (Å²) in [6.07, 6.45) is 1.69. The third-order valence-electron chi connectivity index (χ3n) is 5.17. The Morgan fingerprint density at radius 1 is 1.00 bits per heavy atom. The van der Waals surface area contributed by atoms with Crippen molar-refractivity contribution in [2.75, 3.05) is 18.8 Å². The van der Waals surface area contributed by atoms with Gasteiger partial charge in [-0.05, 0) is 30.2 Å². The van der Waals surface area contributed by atoms with Gasteiger partial charge < -0.3 is 0 Å². The van der Waals surface area contributed by atoms with Crippen LogP contribution in [0.2, 0.25) is 5.02 Å². The summed E-state index contributed by atoms with van der Waals surface area (Å²) >= 11 is 6.22. The van der Waals surface area contributed by atoms with Crippen LogP contribution in [0, 0.1) is 0 Å². The predicted octanol–water partition coefficient (Wildman–Crippen LogP) is 3.44. The molecule has 3 aromatic rings. The Morgan fingerprint density at radius 2 is 1.76 bits per heavy atom. The first-order chi connectivity index (χ1) is 13.8. The van der Waals surface area contributed by atoms with E-state index in [0.717, 1.165) is 0 Å². The lowest BCUT2D eigenvalue weighted by Crippen LogP contribution is -2.33. The minimum absolute atomic E-state index is 0.0840. The number of sulfonamides is 1. The molecule has 1 aromatic heterocycles. The zero-order valence-corrected chi connectivity index (χ0v) is 17.8. The van der Waals surface area contributed by atoms with Crippen molar-refractivity contribution in [2.24, 2.45) is 0 Å². The molecule has 0 amide bonds. The highest BCUT2D eigenvalue weighted by molar-refractivity contribution is 7.92. The van der Waals surface area contributed by atoms with E-state index < -0.39 is 25.1 Å². The van der Waals surface area contributed by atoms with E-state index in [2.05, 4.69) is 4.98 Å². The Labute approximate surface area is 175 Å². The lowest BCUT2D eigenvalue weighted by atomic mass is 10.1. The van der Waals surface area contributed by atoms with Gasteiger partial charge in [0.15, 0.2) is 9.84 Å². The number of para-hydroxylation sites is 1. The van der Waals surface area contributed by atoms with E-state index in [4.69, 9.17) is 11.6 Å². The minimum atomic E-state index is -3.90. The molecule has 9 heteroatoms. The summed E-state index contributed by atoms with van der Waals surface area (Å²) in [7, 11) is -7.46. The summed E-state index contributed by atoms with van der Waals surface area (Å²) in [5, 5.41) is 0.252. The molecular weight excluding hydrogens is 432 g/mol. The van der Waals surface area contributed by atoms with Crippen molar-refractivity contribution < 1.29 is 16.8 Å². The maximum absolute atomic E-state index is 13.3. The Kier molecular flexibility index (Phi) is 5.37. The first kappa shape index (κ1) is 20.3. The van der Waals surface area contributed by atoms with Crippen molar-refractivity contribution in [3.8, 4) is 0 Å². The largest absolute Gasteiger partial charge is 0.255 e. The molecule has 1 aliphatic heterocycles. The summed E-state index contributed by atoms with van der Waals surface area (Å²) < 4.78 is 53.7. The number of benzene rings is 2. The molecule has 1 saturated heterocycles. The number of pyridine rings is 1. The van der Waals surface area contributed by atoms with Gasteiger partial charge in [-0.3, -0.25) is 4.98 Å². The van der Waals surface area contributed by atoms with Crippen molar-refractivity contribution >= 4 is 42.4 Å². The number of aromatic nitrogens is 1. The number of hydrogen-bond donors (Lipinski definition) is 0. The van der Waals surface area contributed by atoms with E-state index >= 15 is 0 Å². The Bertz CT molecular complexity index is 1270. The smallest absolute Gasteiger partial charge is 0.245 e. The van der Waals surface area contributed by atoms with Crippen LogP contribution < -0.4 is 0 Å². The van der Waals surface area contributed by atoms with Crippen molar-refractivity contribution in [3.63, 3.8) is 0 Å². The molecule has 2 heterocycles. The molecule has 0 saturated carbocycles. The van der Waals surface area contributed by atoms with Gasteiger partial charge in [0, 0.05) is 29.7 Å². The van der Waals surface area contributed by atoms with E-state index in [1.807, 2.05) is 0 Å². The monoisotopic (exact) mass is 450 g/mol. The molecule has 4 rings (SSSR count). The third-order valence-corrected chi connectivity index (χ3v) is 9.55. The van der Waals surface area contributed by atoms with Gasteiger partial charge in [-0.15, -0.1) is 0 Å². The summed E-state index contributed by atoms with van der Waals surface area (Å²) in [6, 6.07) is 15.3. The number of nitrogens with zero attached hydrogens (tertiary/aromatic N) is 2. The maximum Gasteiger partial charge on any atom is 0.245 e. The summed E-state index contributed by atoms with van der Waals surface area (Å²) in [5.41, 5.74) is 0.894. The molecule has 1 fully saturated rings. The highest BCUT2D eigenvalue weighted by Gasteiger charge is 2.37. The second-order valence-electron chi connectivity index (χ2n) is 6.90. The molecule has 0 N–H and O–H groups in total. The quantitative estimate of drug-likeness (QED) is 0.610. The highest BCUT2D eigenvalue weighted by atomic mass is 35.5. The van der Waals surface area contributed by atoms with Crippen LogP contribution in [-0.4, -0.2) is 45.0 Å². The molecule has 0 spiro atoms. The van der Waals surface area contributed by atoms with Gasteiger partial charge in [-0.1, -0.05) is 48.0 Å². The van der Waals surface area contributed by atoms with Gasteiger partial charge in [-0.2, -0.15) is 4.31 Å². The lowest BCUT2D eigenvalue weighted by molar-refractivity contribution is 0.428. The fourth-order valence-corrected chi connectivity index (χ4v) is 7.56. The molecule has 1 aliphatic rings. The van der Waals surface area contributed by atoms with Crippen LogP contribution in [0.1, 0.15) is 17.2 Å². The van der Waals surface area contributed by atoms with E-state index in [9.17, 15) is 16.8 Å². The van der Waals surface area contributed by atoms with Gasteiger partial charge in [0.25, 0.3) is 0 Å². The summed E-state index contributed by atoms with van der Waals surface area (Å²) in [6.45, 7) is -0.0183. The first-order valence-corrected chi connectivity index (χ1v) is 12.6. The fourth-order valence-electron chi connectivity index (χ4n) is 3.67. The lowest BCUT2D eigenvalue weighted by Gasteiger charge is -2.20. The SMILES string of the molecule is O=S1(=O)CCN(S(=O)(=O)c2cccc3cccnc23)CCC1c1ccccc1Cl. The van der Waals surface area contributed by atoms with Gasteiger partial charge in [0.1, 0.15) is 4.90 Å². The standard InChI is InChI=1S/C20H19ClN2O4S2/c21-17-8-2-1-7-16(17)18-10-12-23(13-14-28(18,24)25)29(26,27)19-9-3-5-15-6-4-11-22-20(15)19/h1-9,11,18H,10,12-14H2. The van der Waals surface area contributed by atoms with Crippen LogP contribution in [0.5, 0.6) is 0 Å². The van der Waals surface area contributed by atoms with Crippen molar-refractivity contribution in [2.45, 2.75) is 16.6 Å². The predicted molar refractivity (Wildman–Crippen MR) is 113 cm³/mol. The molecular formula is C20H19ClN2O4S2. The van der Waals surface area contributed by atoms with Crippen LogP contribution in [0.25, 0.3) is 10.9 Å². The Hall–Kier alpha value is -2.00. The second kappa shape index (κ2) is 7.68. The molecule has 0 radical (unpaired) electrons. The molecule has 152 valence electrons. The average molecular weight is 451 g/mol. The molecule has 2 aromatic carbocycles. The van der Waals surface area contributed by atoms with Crippen LogP contribution in [0.3, 0.4) is 0 Å². The number of hydrogen-bond acceptors (Lipinski definition) is 5. The van der Waals surface area contributed by atoms with Crippen LogP contribution in [0.4, 0.5) is 0 Å². The molecule has 6 nitrogen and oxygen atoms in total. The topological polar surface area (TPSA) is 84.4 Å². The molecule has 0 aliphatic carbocycles. The van der Waals surface area contributed by atoms with Crippen molar-refractivity contribution in [1.29, 1.82) is 0 Å². The number of fused-ring (bicyclic) bond motifs is 1. The van der Waals surface area contributed by atoms with Crippen LogP contribution in [-0.2, 0) is 19.9 Å². The van der Waals surface area contributed by atoms with Crippen molar-refractivity contribution in [3.05, 3.63) is 71.4 Å². The average Bonchev–Trinajstić information content (AvgIpc) is 2.86. The fraction of sp³-hybridized carbons (Fsp3) is 0.250. The summed E-state index contributed by atoms with van der Waals surface area (Å²) in [4.78, 5) is 4.31. The molecule has 0 bridgehead atoms. The highest BCUT2D eigenvalue weighted by Crippen LogP contribution is 2.35. The van der Waals surface area contributed by atoms with Crippen LogP contribution >= 0.6 is 11.6 Å². The Morgan fingerprint density at radius 3 is 2.55 bits per heavy atom. The van der Waals surface area contributed by atoms with E-state index in [1.54, 1.807) is 54.7 Å². The van der Waals surface area contributed by atoms with Crippen molar-refractivity contribution in [1.82, 2.24) is 9.29 Å². The number of rotatable bonds is 3. The number of sulfone groups is 1. The maximum atomic E-state index is 13.3. The van der Waals surface area contributed by atoms with Gasteiger partial charge >= 0.3 is 0 Å². The van der Waals surface area contributed by atoms with Gasteiger partial charge in [0.2, 0.25) is 10.0 Å². The summed E-state index contributed by atoms with van der Waals surface area (Å²) in [5.74, 6) is -0.264. The second-order valence-corrected chi connectivity index (χ2v) is 11.5. The molecule has 29 heavy (non-hydrogen) atoms. The zero-order chi connectivity index (χ0) is 20.6. The normalized spacial score (nSPS) is 20.4. The third kappa shape index (κ3) is 3.77. The van der Waals surface area contributed by atoms with E-state index in [0.29, 0.717) is 21.5 Å². The molecule has 1 atom stereocenters. The van der Waals surface area contributed by atoms with E-state index in [1.165, 1.54) is 10.4 Å². The van der Waals surface area contributed by atoms with E-state index in [-0.39, 0.29) is 30.2 Å².